The molecule has 1 saturated heterocycles. The minimum atomic E-state index is -0.448. The molecule has 10 heteroatoms. The van der Waals surface area contributed by atoms with Crippen molar-refractivity contribution in [2.75, 3.05) is 18.4 Å². The predicted octanol–water partition coefficient (Wildman–Crippen LogP) is 4.04. The summed E-state index contributed by atoms with van der Waals surface area (Å²) in [5, 5.41) is 8.63. The molecule has 1 aromatic carbocycles. The highest BCUT2D eigenvalue weighted by molar-refractivity contribution is 7.80. The second-order valence-corrected chi connectivity index (χ2v) is 8.48. The molecular weight excluding hydrogens is 437 g/mol. The van der Waals surface area contributed by atoms with Gasteiger partial charge in [0.2, 0.25) is 5.95 Å². The lowest BCUT2D eigenvalue weighted by molar-refractivity contribution is 0.325. The molecule has 1 aliphatic rings. The zero-order valence-corrected chi connectivity index (χ0v) is 18.8. The van der Waals surface area contributed by atoms with Gasteiger partial charge in [0.1, 0.15) is 5.82 Å². The number of piperidine rings is 1. The van der Waals surface area contributed by atoms with Gasteiger partial charge in [0.15, 0.2) is 10.8 Å². The minimum absolute atomic E-state index is 0.0776. The third-order valence-electron chi connectivity index (χ3n) is 5.17. The van der Waals surface area contributed by atoms with Crippen molar-refractivity contribution in [3.8, 4) is 11.1 Å². The van der Waals surface area contributed by atoms with E-state index in [2.05, 4.69) is 20.3 Å². The van der Waals surface area contributed by atoms with Crippen molar-refractivity contribution in [1.82, 2.24) is 19.5 Å². The molecule has 0 saturated carbocycles. The number of hydrogen-bond acceptors (Lipinski definition) is 4. The fourth-order valence-electron chi connectivity index (χ4n) is 3.68. The van der Waals surface area contributed by atoms with Crippen LogP contribution in [0.1, 0.15) is 25.3 Å². The molecule has 0 bridgehead atoms. The molecule has 0 atom stereocenters. The van der Waals surface area contributed by atoms with E-state index in [-0.39, 0.29) is 11.1 Å². The van der Waals surface area contributed by atoms with Gasteiger partial charge in [-0.15, -0.1) is 5.10 Å². The number of hydrogen-bond donors (Lipinski definition) is 2. The van der Waals surface area contributed by atoms with Gasteiger partial charge in [-0.3, -0.25) is 0 Å². The Labute approximate surface area is 190 Å². The van der Waals surface area contributed by atoms with E-state index < -0.39 is 5.82 Å². The van der Waals surface area contributed by atoms with Crippen LogP contribution in [0.25, 0.3) is 16.8 Å². The molecule has 3 aromatic rings. The van der Waals surface area contributed by atoms with Crippen LogP contribution in [0.5, 0.6) is 0 Å². The van der Waals surface area contributed by atoms with E-state index in [0.29, 0.717) is 22.5 Å². The Balaban J connectivity index is 1.53. The summed E-state index contributed by atoms with van der Waals surface area (Å²) in [6.07, 6.45) is 3.68. The molecular formula is C21H23ClFN7S. The highest BCUT2D eigenvalue weighted by Crippen LogP contribution is 2.29. The molecule has 3 N–H and O–H groups in total. The van der Waals surface area contributed by atoms with Gasteiger partial charge in [-0.1, -0.05) is 17.7 Å². The first-order valence-corrected chi connectivity index (χ1v) is 10.8. The van der Waals surface area contributed by atoms with Gasteiger partial charge in [-0.05, 0) is 68.2 Å². The Hall–Kier alpha value is -2.78. The zero-order valence-electron chi connectivity index (χ0n) is 17.3. The average molecular weight is 460 g/mol. The van der Waals surface area contributed by atoms with E-state index in [9.17, 15) is 4.39 Å². The van der Waals surface area contributed by atoms with Crippen molar-refractivity contribution >= 4 is 46.4 Å². The van der Waals surface area contributed by atoms with Crippen LogP contribution in [0.15, 0.2) is 35.5 Å². The number of pyridine rings is 1. The molecule has 4 rings (SSSR count). The maximum absolute atomic E-state index is 13.6. The topological polar surface area (TPSA) is 83.8 Å². The lowest BCUT2D eigenvalue weighted by atomic mass is 10.1. The largest absolute Gasteiger partial charge is 0.387 e. The Bertz CT molecular complexity index is 1160. The van der Waals surface area contributed by atoms with Crippen molar-refractivity contribution in [2.45, 2.75) is 32.7 Å². The third kappa shape index (κ3) is 4.77. The normalized spacial score (nSPS) is 15.5. The average Bonchev–Trinajstić information content (AvgIpc) is 3.11. The zero-order chi connectivity index (χ0) is 22.1. The summed E-state index contributed by atoms with van der Waals surface area (Å²) in [5.41, 5.74) is 8.95. The molecule has 0 unspecified atom stereocenters. The number of likely N-dealkylation sites (tertiary alicyclic amines) is 1. The van der Waals surface area contributed by atoms with Gasteiger partial charge in [0.25, 0.3) is 0 Å². The molecule has 0 spiro atoms. The molecule has 0 amide bonds. The number of aromatic nitrogens is 3. The van der Waals surface area contributed by atoms with Gasteiger partial charge in [0.05, 0.1) is 10.9 Å². The van der Waals surface area contributed by atoms with Crippen LogP contribution in [0.3, 0.4) is 0 Å². The molecule has 0 radical (unpaired) electrons. The van der Waals surface area contributed by atoms with Crippen LogP contribution >= 0.6 is 23.8 Å². The summed E-state index contributed by atoms with van der Waals surface area (Å²) in [4.78, 5) is 10.9. The van der Waals surface area contributed by atoms with Gasteiger partial charge in [-0.25, -0.2) is 13.9 Å². The molecule has 0 aliphatic carbocycles. The number of nitrogens with one attached hydrogen (secondary N) is 1. The van der Waals surface area contributed by atoms with E-state index in [1.54, 1.807) is 23.6 Å². The third-order valence-corrected chi connectivity index (χ3v) is 5.81. The number of aryl methyl sites for hydroxylation is 1. The predicted molar refractivity (Wildman–Crippen MR) is 126 cm³/mol. The van der Waals surface area contributed by atoms with E-state index in [4.69, 9.17) is 34.5 Å². The Morgan fingerprint density at radius 3 is 2.74 bits per heavy atom. The number of nitrogens with zero attached hydrogens (tertiary/aromatic N) is 5. The highest BCUT2D eigenvalue weighted by atomic mass is 35.5. The van der Waals surface area contributed by atoms with Crippen LogP contribution in [-0.4, -0.2) is 49.6 Å². The Kier molecular flexibility index (Phi) is 6.06. The molecule has 7 nitrogen and oxygen atoms in total. The van der Waals surface area contributed by atoms with Gasteiger partial charge in [0, 0.05) is 30.9 Å². The van der Waals surface area contributed by atoms with Crippen LogP contribution in [-0.2, 0) is 0 Å². The number of anilines is 1. The summed E-state index contributed by atoms with van der Waals surface area (Å²) < 4.78 is 15.4. The maximum Gasteiger partial charge on any atom is 0.243 e. The van der Waals surface area contributed by atoms with Crippen molar-refractivity contribution in [3.05, 3.63) is 46.9 Å². The molecule has 1 aliphatic heterocycles. The first kappa shape index (κ1) is 21.5. The number of rotatable bonds is 3. The second kappa shape index (κ2) is 8.76. The van der Waals surface area contributed by atoms with Gasteiger partial charge >= 0.3 is 0 Å². The monoisotopic (exact) mass is 459 g/mol. The summed E-state index contributed by atoms with van der Waals surface area (Å²) in [7, 11) is 0. The van der Waals surface area contributed by atoms with Gasteiger partial charge in [-0.2, -0.15) is 4.98 Å². The number of halogens is 2. The number of amidine groups is 1. The Morgan fingerprint density at radius 1 is 1.32 bits per heavy atom. The van der Waals surface area contributed by atoms with Crippen molar-refractivity contribution in [1.29, 1.82) is 0 Å². The quantitative estimate of drug-likeness (QED) is 0.349. The van der Waals surface area contributed by atoms with Crippen LogP contribution in [0.2, 0.25) is 5.02 Å². The smallest absolute Gasteiger partial charge is 0.243 e. The highest BCUT2D eigenvalue weighted by Gasteiger charge is 2.22. The fourth-order valence-corrected chi connectivity index (χ4v) is 4.18. The molecule has 162 valence electrons. The molecule has 2 aromatic heterocycles. The summed E-state index contributed by atoms with van der Waals surface area (Å²) in [5.74, 6) is 0.570. The fraction of sp³-hybridized carbons (Fsp3) is 0.333. The van der Waals surface area contributed by atoms with E-state index >= 15 is 0 Å². The number of aliphatic imine (C=N–C) groups is 1. The summed E-state index contributed by atoms with van der Waals surface area (Å²) in [6, 6.07) is 6.89. The first-order chi connectivity index (χ1) is 14.8. The molecule has 31 heavy (non-hydrogen) atoms. The lowest BCUT2D eigenvalue weighted by Crippen LogP contribution is -2.41. The van der Waals surface area contributed by atoms with E-state index in [1.165, 1.54) is 6.07 Å². The van der Waals surface area contributed by atoms with Crippen molar-refractivity contribution in [3.63, 3.8) is 0 Å². The van der Waals surface area contributed by atoms with Crippen molar-refractivity contribution in [2.24, 2.45) is 10.7 Å². The molecule has 3 heterocycles. The summed E-state index contributed by atoms with van der Waals surface area (Å²) >= 11 is 11.3. The maximum atomic E-state index is 13.6. The standard InChI is InChI=1S/C21H23ClFN7S/c1-12-9-16(14-3-4-18(23)17(22)10-14)19-27-20(28-30(19)11-12)26-15-5-7-29(8-6-15)21(31)25-13(2)24/h3-4,9-11,15H,5-8H2,1-2H3,(H,26,28)(H2,24,25,31). The number of nitrogens with two attached hydrogens (primary N) is 1. The second-order valence-electron chi connectivity index (χ2n) is 7.71. The number of thiocarbonyl (C=S) groups is 1. The van der Waals surface area contributed by atoms with Crippen molar-refractivity contribution < 1.29 is 4.39 Å². The first-order valence-electron chi connectivity index (χ1n) is 9.99. The minimum Gasteiger partial charge on any atom is -0.387 e. The van der Waals surface area contributed by atoms with E-state index in [0.717, 1.165) is 42.6 Å². The number of benzene rings is 1. The lowest BCUT2D eigenvalue weighted by Gasteiger charge is -2.32. The Morgan fingerprint density at radius 2 is 2.06 bits per heavy atom. The summed E-state index contributed by atoms with van der Waals surface area (Å²) in [6.45, 7) is 5.29. The SMILES string of the molecule is C/C(N)=N/C(=S)N1CCC(Nc2nc3c(-c4ccc(F)c(Cl)c4)cc(C)cn3n2)CC1. The van der Waals surface area contributed by atoms with Crippen LogP contribution < -0.4 is 11.1 Å². The number of fused-ring (bicyclic) bond motifs is 1. The van der Waals surface area contributed by atoms with E-state index in [1.807, 2.05) is 19.2 Å². The van der Waals surface area contributed by atoms with Gasteiger partial charge < -0.3 is 16.0 Å². The van der Waals surface area contributed by atoms with Crippen LogP contribution in [0.4, 0.5) is 10.3 Å². The van der Waals surface area contributed by atoms with Crippen LogP contribution in [0, 0.1) is 12.7 Å². The molecule has 1 fully saturated rings.